The zero-order valence-electron chi connectivity index (χ0n) is 16.5. The summed E-state index contributed by atoms with van der Waals surface area (Å²) >= 11 is 0. The summed E-state index contributed by atoms with van der Waals surface area (Å²) in [4.78, 5) is 24.4. The molecule has 2 amide bonds. The predicted molar refractivity (Wildman–Crippen MR) is 103 cm³/mol. The van der Waals surface area contributed by atoms with Gasteiger partial charge in [-0.1, -0.05) is 42.7 Å². The Kier molecular flexibility index (Phi) is 6.68. The van der Waals surface area contributed by atoms with Gasteiger partial charge in [-0.05, 0) is 52.5 Å². The Morgan fingerprint density at radius 3 is 2.50 bits per heavy atom. The van der Waals surface area contributed by atoms with Crippen molar-refractivity contribution in [3.05, 3.63) is 35.4 Å². The number of aryl methyl sites for hydroxylation is 2. The Hall–Kier alpha value is -2.04. The molecule has 1 fully saturated rings. The van der Waals surface area contributed by atoms with Gasteiger partial charge in [-0.2, -0.15) is 0 Å². The van der Waals surface area contributed by atoms with Crippen LogP contribution in [-0.2, 0) is 16.0 Å². The van der Waals surface area contributed by atoms with Crippen LogP contribution in [0.25, 0.3) is 0 Å². The highest BCUT2D eigenvalue weighted by atomic mass is 16.6. The van der Waals surface area contributed by atoms with Crippen LogP contribution in [0.15, 0.2) is 24.3 Å². The van der Waals surface area contributed by atoms with E-state index in [-0.39, 0.29) is 11.4 Å². The average Bonchev–Trinajstić information content (AvgIpc) is 2.98. The minimum Gasteiger partial charge on any atom is -0.444 e. The summed E-state index contributed by atoms with van der Waals surface area (Å²) in [5.41, 5.74) is 1.51. The summed E-state index contributed by atoms with van der Waals surface area (Å²) in [7, 11) is 0. The molecule has 26 heavy (non-hydrogen) atoms. The van der Waals surface area contributed by atoms with E-state index in [0.717, 1.165) is 32.1 Å². The quantitative estimate of drug-likeness (QED) is 0.809. The van der Waals surface area contributed by atoms with Gasteiger partial charge in [0.15, 0.2) is 0 Å². The second-order valence-electron chi connectivity index (χ2n) is 8.38. The number of nitrogens with one attached hydrogen (secondary N) is 2. The second-order valence-corrected chi connectivity index (χ2v) is 8.38. The van der Waals surface area contributed by atoms with Crippen LogP contribution in [0.3, 0.4) is 0 Å². The molecule has 0 unspecified atom stereocenters. The molecule has 2 N–H and O–H groups in total. The molecular weight excluding hydrogens is 328 g/mol. The van der Waals surface area contributed by atoms with Gasteiger partial charge >= 0.3 is 6.09 Å². The molecule has 1 aromatic carbocycles. The highest BCUT2D eigenvalue weighted by molar-refractivity contribution is 5.77. The van der Waals surface area contributed by atoms with Gasteiger partial charge in [0.2, 0.25) is 5.91 Å². The van der Waals surface area contributed by atoms with E-state index < -0.39 is 11.7 Å². The standard InChI is InChI=1S/C21H32N2O3/c1-16-8-7-9-17(14-16)10-11-18(24)23-21(12-5-6-13-21)15-22-19(25)26-20(2,3)4/h7-9,14H,5-6,10-13,15H2,1-4H3,(H,22,25)(H,23,24). The third kappa shape index (κ3) is 6.70. The summed E-state index contributed by atoms with van der Waals surface area (Å²) in [6.45, 7) is 7.98. The molecule has 0 aromatic heterocycles. The highest BCUT2D eigenvalue weighted by Crippen LogP contribution is 2.29. The third-order valence-corrected chi connectivity index (χ3v) is 4.66. The zero-order chi connectivity index (χ0) is 19.2. The van der Waals surface area contributed by atoms with E-state index in [1.54, 1.807) is 0 Å². The van der Waals surface area contributed by atoms with Crippen LogP contribution in [0.1, 0.15) is 64.0 Å². The largest absolute Gasteiger partial charge is 0.444 e. The normalized spacial score (nSPS) is 16.2. The van der Waals surface area contributed by atoms with E-state index in [2.05, 4.69) is 35.8 Å². The summed E-state index contributed by atoms with van der Waals surface area (Å²) in [6, 6.07) is 8.24. The molecule has 0 radical (unpaired) electrons. The fourth-order valence-corrected chi connectivity index (χ4v) is 3.44. The number of benzene rings is 1. The Labute approximate surface area is 156 Å². The van der Waals surface area contributed by atoms with Gasteiger partial charge in [-0.15, -0.1) is 0 Å². The number of hydrogen-bond acceptors (Lipinski definition) is 3. The van der Waals surface area contributed by atoms with Gasteiger partial charge in [-0.25, -0.2) is 4.79 Å². The first-order valence-corrected chi connectivity index (χ1v) is 9.51. The first-order chi connectivity index (χ1) is 12.2. The molecule has 5 heteroatoms. The molecule has 1 aliphatic carbocycles. The lowest BCUT2D eigenvalue weighted by Crippen LogP contribution is -2.54. The number of ether oxygens (including phenoxy) is 1. The van der Waals surface area contributed by atoms with Crippen LogP contribution < -0.4 is 10.6 Å². The second kappa shape index (κ2) is 8.56. The summed E-state index contributed by atoms with van der Waals surface area (Å²) in [5.74, 6) is 0.0411. The van der Waals surface area contributed by atoms with Crippen LogP contribution in [0.5, 0.6) is 0 Å². The van der Waals surface area contributed by atoms with Crippen molar-refractivity contribution in [2.45, 2.75) is 77.4 Å². The minimum atomic E-state index is -0.524. The van der Waals surface area contributed by atoms with E-state index in [9.17, 15) is 9.59 Å². The molecule has 144 valence electrons. The van der Waals surface area contributed by atoms with Gasteiger partial charge < -0.3 is 15.4 Å². The Bertz CT molecular complexity index is 628. The molecular formula is C21H32N2O3. The van der Waals surface area contributed by atoms with E-state index >= 15 is 0 Å². The molecule has 2 rings (SSSR count). The van der Waals surface area contributed by atoms with Crippen molar-refractivity contribution >= 4 is 12.0 Å². The lowest BCUT2D eigenvalue weighted by molar-refractivity contribution is -0.123. The minimum absolute atomic E-state index is 0.0411. The number of hydrogen-bond donors (Lipinski definition) is 2. The Balaban J connectivity index is 1.86. The highest BCUT2D eigenvalue weighted by Gasteiger charge is 2.36. The molecule has 1 aromatic rings. The van der Waals surface area contributed by atoms with E-state index in [4.69, 9.17) is 4.74 Å². The van der Waals surface area contributed by atoms with Crippen molar-refractivity contribution in [3.63, 3.8) is 0 Å². The SMILES string of the molecule is Cc1cccc(CCC(=O)NC2(CNC(=O)OC(C)(C)C)CCCC2)c1. The van der Waals surface area contributed by atoms with Crippen molar-refractivity contribution in [2.24, 2.45) is 0 Å². The molecule has 0 saturated heterocycles. The number of carbonyl (C=O) groups excluding carboxylic acids is 2. The zero-order valence-corrected chi connectivity index (χ0v) is 16.5. The maximum atomic E-state index is 12.5. The molecule has 1 saturated carbocycles. The summed E-state index contributed by atoms with van der Waals surface area (Å²) in [5, 5.41) is 6.02. The average molecular weight is 360 g/mol. The fraction of sp³-hybridized carbons (Fsp3) is 0.619. The molecule has 0 bridgehead atoms. The monoisotopic (exact) mass is 360 g/mol. The fourth-order valence-electron chi connectivity index (χ4n) is 3.44. The maximum absolute atomic E-state index is 12.5. The van der Waals surface area contributed by atoms with E-state index in [1.165, 1.54) is 11.1 Å². The lowest BCUT2D eigenvalue weighted by atomic mass is 9.96. The van der Waals surface area contributed by atoms with Crippen molar-refractivity contribution < 1.29 is 14.3 Å². The van der Waals surface area contributed by atoms with Crippen molar-refractivity contribution in [1.82, 2.24) is 10.6 Å². The van der Waals surface area contributed by atoms with E-state index in [1.807, 2.05) is 26.8 Å². The third-order valence-electron chi connectivity index (χ3n) is 4.66. The van der Waals surface area contributed by atoms with Crippen LogP contribution in [0, 0.1) is 6.92 Å². The van der Waals surface area contributed by atoms with Crippen molar-refractivity contribution in [1.29, 1.82) is 0 Å². The predicted octanol–water partition coefficient (Wildman–Crippen LogP) is 3.88. The molecule has 5 nitrogen and oxygen atoms in total. The first-order valence-electron chi connectivity index (χ1n) is 9.51. The van der Waals surface area contributed by atoms with Crippen LogP contribution in [-0.4, -0.2) is 29.7 Å². The summed E-state index contributed by atoms with van der Waals surface area (Å²) < 4.78 is 5.30. The molecule has 0 aliphatic heterocycles. The number of rotatable bonds is 6. The molecule has 0 spiro atoms. The lowest BCUT2D eigenvalue weighted by Gasteiger charge is -2.31. The molecule has 0 atom stereocenters. The smallest absolute Gasteiger partial charge is 0.407 e. The topological polar surface area (TPSA) is 67.4 Å². The van der Waals surface area contributed by atoms with Crippen LogP contribution in [0.2, 0.25) is 0 Å². The molecule has 0 heterocycles. The van der Waals surface area contributed by atoms with Crippen LogP contribution in [0.4, 0.5) is 4.79 Å². The number of alkyl carbamates (subject to hydrolysis) is 1. The van der Waals surface area contributed by atoms with Crippen LogP contribution >= 0.6 is 0 Å². The van der Waals surface area contributed by atoms with Gasteiger partial charge in [-0.3, -0.25) is 4.79 Å². The van der Waals surface area contributed by atoms with Crippen molar-refractivity contribution in [2.75, 3.05) is 6.54 Å². The van der Waals surface area contributed by atoms with Gasteiger partial charge in [0, 0.05) is 13.0 Å². The Morgan fingerprint density at radius 2 is 1.88 bits per heavy atom. The first kappa shape index (κ1) is 20.3. The maximum Gasteiger partial charge on any atom is 0.407 e. The van der Waals surface area contributed by atoms with Gasteiger partial charge in [0.05, 0.1) is 5.54 Å². The summed E-state index contributed by atoms with van der Waals surface area (Å²) in [6.07, 6.45) is 4.65. The van der Waals surface area contributed by atoms with Crippen molar-refractivity contribution in [3.8, 4) is 0 Å². The molecule has 1 aliphatic rings. The van der Waals surface area contributed by atoms with E-state index in [0.29, 0.717) is 13.0 Å². The number of carbonyl (C=O) groups is 2. The van der Waals surface area contributed by atoms with Gasteiger partial charge in [0.25, 0.3) is 0 Å². The van der Waals surface area contributed by atoms with Gasteiger partial charge in [0.1, 0.15) is 5.60 Å². The number of amides is 2. The Morgan fingerprint density at radius 1 is 1.19 bits per heavy atom.